The van der Waals surface area contributed by atoms with Gasteiger partial charge in [-0.15, -0.1) is 0 Å². The van der Waals surface area contributed by atoms with Gasteiger partial charge in [0.25, 0.3) is 0 Å². The summed E-state index contributed by atoms with van der Waals surface area (Å²) in [5, 5.41) is 9.85. The summed E-state index contributed by atoms with van der Waals surface area (Å²) in [5.41, 5.74) is 6.83. The molecule has 3 heteroatoms. The van der Waals surface area contributed by atoms with E-state index < -0.39 is 6.29 Å². The van der Waals surface area contributed by atoms with Gasteiger partial charge in [0, 0.05) is 29.5 Å². The van der Waals surface area contributed by atoms with Crippen LogP contribution in [0.25, 0.3) is 0 Å². The molecule has 0 bridgehead atoms. The van der Waals surface area contributed by atoms with Crippen molar-refractivity contribution >= 4 is 17.1 Å². The Morgan fingerprint density at radius 2 is 1.37 bits per heavy atom. The largest absolute Gasteiger partial charge is 0.465 e. The molecule has 0 amide bonds. The Labute approximate surface area is 161 Å². The van der Waals surface area contributed by atoms with Gasteiger partial charge in [0.05, 0.1) is 0 Å². The molecule has 3 rings (SSSR count). The van der Waals surface area contributed by atoms with Gasteiger partial charge in [-0.1, -0.05) is 31.2 Å². The Hall–Kier alpha value is -2.78. The summed E-state index contributed by atoms with van der Waals surface area (Å²) >= 11 is 0. The molecule has 0 aliphatic heterocycles. The molecular formula is C24H27NO2. The second-order valence-electron chi connectivity index (χ2n) is 7.00. The summed E-state index contributed by atoms with van der Waals surface area (Å²) in [6, 6.07) is 22.9. The summed E-state index contributed by atoms with van der Waals surface area (Å²) in [6.45, 7) is 8.22. The van der Waals surface area contributed by atoms with E-state index in [-0.39, 0.29) is 0 Å². The first-order chi connectivity index (χ1) is 13.0. The zero-order valence-electron chi connectivity index (χ0n) is 16.4. The molecule has 0 heterocycles. The van der Waals surface area contributed by atoms with Gasteiger partial charge in [-0.2, -0.15) is 0 Å². The first kappa shape index (κ1) is 19.0. The highest BCUT2D eigenvalue weighted by molar-refractivity contribution is 5.78. The Morgan fingerprint density at radius 3 is 2.00 bits per heavy atom. The lowest BCUT2D eigenvalue weighted by Crippen LogP contribution is -2.14. The molecule has 3 aromatic carbocycles. The van der Waals surface area contributed by atoms with Gasteiger partial charge in [0.1, 0.15) is 5.75 Å². The predicted molar refractivity (Wildman–Crippen MR) is 112 cm³/mol. The van der Waals surface area contributed by atoms with Crippen molar-refractivity contribution in [3.8, 4) is 5.75 Å². The maximum absolute atomic E-state index is 9.85. The third-order valence-electron chi connectivity index (χ3n) is 4.42. The van der Waals surface area contributed by atoms with Gasteiger partial charge in [0.2, 0.25) is 0 Å². The lowest BCUT2D eigenvalue weighted by atomic mass is 10.1. The molecule has 3 aromatic rings. The molecule has 27 heavy (non-hydrogen) atoms. The van der Waals surface area contributed by atoms with Crippen LogP contribution in [0.4, 0.5) is 17.1 Å². The number of benzene rings is 3. The van der Waals surface area contributed by atoms with E-state index >= 15 is 0 Å². The Morgan fingerprint density at radius 1 is 0.778 bits per heavy atom. The number of ether oxygens (including phenoxy) is 1. The van der Waals surface area contributed by atoms with Crippen LogP contribution >= 0.6 is 0 Å². The normalized spacial score (nSPS) is 11.9. The molecular weight excluding hydrogens is 334 g/mol. The van der Waals surface area contributed by atoms with Crippen molar-refractivity contribution in [3.63, 3.8) is 0 Å². The first-order valence-electron chi connectivity index (χ1n) is 9.36. The SMILES string of the molecule is CCC(O)Oc1cccc(N(c2cccc(C)c2)c2cc(C)cc(C)c2)c1. The molecule has 140 valence electrons. The highest BCUT2D eigenvalue weighted by Gasteiger charge is 2.15. The molecule has 0 radical (unpaired) electrons. The molecule has 0 aliphatic rings. The molecule has 1 N–H and O–H groups in total. The van der Waals surface area contributed by atoms with Crippen LogP contribution in [-0.4, -0.2) is 11.4 Å². The summed E-state index contributed by atoms with van der Waals surface area (Å²) in [7, 11) is 0. The Bertz CT molecular complexity index is 900. The molecule has 0 fully saturated rings. The van der Waals surface area contributed by atoms with Crippen molar-refractivity contribution in [3.05, 3.63) is 83.4 Å². The number of nitrogens with zero attached hydrogens (tertiary/aromatic N) is 1. The molecule has 0 aromatic heterocycles. The minimum absolute atomic E-state index is 0.545. The molecule has 0 aliphatic carbocycles. The van der Waals surface area contributed by atoms with Gasteiger partial charge in [-0.3, -0.25) is 0 Å². The number of aryl methyl sites for hydroxylation is 3. The van der Waals surface area contributed by atoms with Crippen LogP contribution in [0.1, 0.15) is 30.0 Å². The van der Waals surface area contributed by atoms with Gasteiger partial charge in [-0.25, -0.2) is 0 Å². The highest BCUT2D eigenvalue weighted by Crippen LogP contribution is 2.37. The highest BCUT2D eigenvalue weighted by atomic mass is 16.6. The van der Waals surface area contributed by atoms with E-state index in [4.69, 9.17) is 4.74 Å². The third kappa shape index (κ3) is 4.69. The van der Waals surface area contributed by atoms with E-state index in [0.29, 0.717) is 12.2 Å². The monoisotopic (exact) mass is 361 g/mol. The molecule has 0 saturated heterocycles. The Kier molecular flexibility index (Phi) is 5.82. The van der Waals surface area contributed by atoms with Crippen molar-refractivity contribution in [2.45, 2.75) is 40.4 Å². The number of anilines is 3. The number of hydrogen-bond donors (Lipinski definition) is 1. The minimum atomic E-state index is -0.797. The van der Waals surface area contributed by atoms with Crippen molar-refractivity contribution in [2.75, 3.05) is 4.90 Å². The molecule has 1 atom stereocenters. The number of hydrogen-bond acceptors (Lipinski definition) is 3. The Balaban J connectivity index is 2.11. The zero-order valence-corrected chi connectivity index (χ0v) is 16.4. The smallest absolute Gasteiger partial charge is 0.197 e. The minimum Gasteiger partial charge on any atom is -0.465 e. The molecule has 1 unspecified atom stereocenters. The van der Waals surface area contributed by atoms with Crippen LogP contribution in [0, 0.1) is 20.8 Å². The quantitative estimate of drug-likeness (QED) is 0.531. The maximum atomic E-state index is 9.85. The lowest BCUT2D eigenvalue weighted by molar-refractivity contribution is -0.0190. The molecule has 0 spiro atoms. The van der Waals surface area contributed by atoms with Gasteiger partial charge in [-0.05, 0) is 73.9 Å². The zero-order chi connectivity index (χ0) is 19.4. The summed E-state index contributed by atoms with van der Waals surface area (Å²) in [5.74, 6) is 0.656. The third-order valence-corrected chi connectivity index (χ3v) is 4.42. The van der Waals surface area contributed by atoms with E-state index in [0.717, 1.165) is 17.1 Å². The molecule has 0 saturated carbocycles. The van der Waals surface area contributed by atoms with Gasteiger partial charge < -0.3 is 14.7 Å². The van der Waals surface area contributed by atoms with Crippen LogP contribution in [0.5, 0.6) is 5.75 Å². The standard InChI is InChI=1S/C24H27NO2/c1-5-24(26)27-23-11-7-10-21(16-23)25(20-9-6-8-17(2)13-20)22-14-18(3)12-19(4)15-22/h6-16,24,26H,5H2,1-4H3. The van der Waals surface area contributed by atoms with Crippen LogP contribution in [0.3, 0.4) is 0 Å². The number of aliphatic hydroxyl groups is 1. The van der Waals surface area contributed by atoms with Crippen molar-refractivity contribution in [1.29, 1.82) is 0 Å². The van der Waals surface area contributed by atoms with Crippen LogP contribution in [0.2, 0.25) is 0 Å². The van der Waals surface area contributed by atoms with E-state index in [1.54, 1.807) is 0 Å². The maximum Gasteiger partial charge on any atom is 0.197 e. The second-order valence-corrected chi connectivity index (χ2v) is 7.00. The predicted octanol–water partition coefficient (Wildman–Crippen LogP) is 6.19. The van der Waals surface area contributed by atoms with Crippen molar-refractivity contribution in [1.82, 2.24) is 0 Å². The van der Waals surface area contributed by atoms with Gasteiger partial charge in [0.15, 0.2) is 6.29 Å². The van der Waals surface area contributed by atoms with Crippen molar-refractivity contribution in [2.24, 2.45) is 0 Å². The van der Waals surface area contributed by atoms with Crippen LogP contribution < -0.4 is 9.64 Å². The van der Waals surface area contributed by atoms with Crippen molar-refractivity contribution < 1.29 is 9.84 Å². The van der Waals surface area contributed by atoms with Gasteiger partial charge >= 0.3 is 0 Å². The average Bonchev–Trinajstić information content (AvgIpc) is 2.61. The summed E-state index contributed by atoms with van der Waals surface area (Å²) in [6.07, 6.45) is -0.253. The lowest BCUT2D eigenvalue weighted by Gasteiger charge is -2.27. The fourth-order valence-corrected chi connectivity index (χ4v) is 3.23. The fourth-order valence-electron chi connectivity index (χ4n) is 3.23. The summed E-state index contributed by atoms with van der Waals surface area (Å²) < 4.78 is 5.63. The van der Waals surface area contributed by atoms with E-state index in [1.807, 2.05) is 25.1 Å². The summed E-state index contributed by atoms with van der Waals surface area (Å²) in [4.78, 5) is 2.22. The molecule has 3 nitrogen and oxygen atoms in total. The topological polar surface area (TPSA) is 32.7 Å². The van der Waals surface area contributed by atoms with E-state index in [1.165, 1.54) is 16.7 Å². The van der Waals surface area contributed by atoms with Crippen LogP contribution in [-0.2, 0) is 0 Å². The second kappa shape index (κ2) is 8.28. The van der Waals surface area contributed by atoms with Crippen LogP contribution in [0.15, 0.2) is 66.7 Å². The first-order valence-corrected chi connectivity index (χ1v) is 9.36. The fraction of sp³-hybridized carbons (Fsp3) is 0.250. The number of rotatable bonds is 6. The average molecular weight is 361 g/mol. The van der Waals surface area contributed by atoms with E-state index in [2.05, 4.69) is 74.2 Å². The van der Waals surface area contributed by atoms with E-state index in [9.17, 15) is 5.11 Å². The number of aliphatic hydroxyl groups excluding tert-OH is 1.